The molecule has 12 heavy (non-hydrogen) atoms. The molecule has 1 nitrogen and oxygen atoms in total. The van der Waals surface area contributed by atoms with Crippen LogP contribution < -0.4 is 0 Å². The highest BCUT2D eigenvalue weighted by atomic mass is 16.2. The Morgan fingerprint density at radius 2 is 2.00 bits per heavy atom. The molecule has 0 aromatic heterocycles. The van der Waals surface area contributed by atoms with Crippen LogP contribution in [0.1, 0.15) is 20.3 Å². The lowest BCUT2D eigenvalue weighted by molar-refractivity contribution is 0.342. The zero-order chi connectivity index (χ0) is 9.45. The average Bonchev–Trinajstić information content (AvgIpc) is 1.98. The zero-order valence-corrected chi connectivity index (χ0v) is 7.96. The van der Waals surface area contributed by atoms with Gasteiger partial charge in [0.2, 0.25) is 0 Å². The topological polar surface area (TPSA) is 20.2 Å². The van der Waals surface area contributed by atoms with E-state index >= 15 is 0 Å². The molecule has 0 atom stereocenters. The van der Waals surface area contributed by atoms with Crippen LogP contribution in [0.4, 0.5) is 0 Å². The largest absolute Gasteiger partial charge is 0.392 e. The quantitative estimate of drug-likeness (QED) is 0.492. The highest BCUT2D eigenvalue weighted by Gasteiger charge is 2.09. The number of rotatable bonds is 5. The monoisotopic (exact) mass is 166 g/mol. The molecular formula is C11H18O. The summed E-state index contributed by atoms with van der Waals surface area (Å²) in [5.41, 5.74) is 0.168. The van der Waals surface area contributed by atoms with Crippen molar-refractivity contribution in [2.45, 2.75) is 20.3 Å². The maximum Gasteiger partial charge on any atom is 0.0615 e. The summed E-state index contributed by atoms with van der Waals surface area (Å²) in [5, 5.41) is 8.46. The smallest absolute Gasteiger partial charge is 0.0615 e. The van der Waals surface area contributed by atoms with E-state index in [0.29, 0.717) is 0 Å². The summed E-state index contributed by atoms with van der Waals surface area (Å²) < 4.78 is 0. The minimum atomic E-state index is 0.103. The van der Waals surface area contributed by atoms with Crippen molar-refractivity contribution in [2.24, 2.45) is 5.41 Å². The molecule has 0 aromatic rings. The number of hydrogen-bond acceptors (Lipinski definition) is 1. The van der Waals surface area contributed by atoms with E-state index in [1.807, 2.05) is 18.2 Å². The summed E-state index contributed by atoms with van der Waals surface area (Å²) in [7, 11) is 0. The molecule has 0 rings (SSSR count). The molecule has 1 heteroatoms. The molecule has 0 unspecified atom stereocenters. The van der Waals surface area contributed by atoms with E-state index in [1.165, 1.54) is 0 Å². The number of aliphatic hydroxyl groups is 1. The van der Waals surface area contributed by atoms with Crippen molar-refractivity contribution < 1.29 is 5.11 Å². The minimum Gasteiger partial charge on any atom is -0.392 e. The van der Waals surface area contributed by atoms with Crippen LogP contribution in [0, 0.1) is 5.41 Å². The summed E-state index contributed by atoms with van der Waals surface area (Å²) in [6.07, 6.45) is 10.5. The van der Waals surface area contributed by atoms with Crippen LogP contribution in [-0.4, -0.2) is 11.7 Å². The van der Waals surface area contributed by atoms with E-state index in [-0.39, 0.29) is 12.0 Å². The predicted octanol–water partition coefficient (Wildman–Crippen LogP) is 2.69. The first-order chi connectivity index (χ1) is 5.62. The van der Waals surface area contributed by atoms with Gasteiger partial charge in [0, 0.05) is 0 Å². The fourth-order valence-electron chi connectivity index (χ4n) is 0.896. The van der Waals surface area contributed by atoms with E-state index in [4.69, 9.17) is 5.11 Å². The third kappa shape index (κ3) is 5.93. The SMILES string of the molecule is C=CCC(C)(C)/C=C/C=C/CO. The summed E-state index contributed by atoms with van der Waals surface area (Å²) >= 11 is 0. The third-order valence-electron chi connectivity index (χ3n) is 1.57. The number of aliphatic hydroxyl groups excluding tert-OH is 1. The van der Waals surface area contributed by atoms with E-state index in [9.17, 15) is 0 Å². The van der Waals surface area contributed by atoms with Gasteiger partial charge in [0.1, 0.15) is 0 Å². The van der Waals surface area contributed by atoms with Gasteiger partial charge >= 0.3 is 0 Å². The van der Waals surface area contributed by atoms with E-state index in [0.717, 1.165) is 6.42 Å². The van der Waals surface area contributed by atoms with Crippen molar-refractivity contribution in [2.75, 3.05) is 6.61 Å². The normalized spacial score (nSPS) is 12.9. The van der Waals surface area contributed by atoms with E-state index < -0.39 is 0 Å². The molecule has 1 N–H and O–H groups in total. The maximum absolute atomic E-state index is 8.46. The number of hydrogen-bond donors (Lipinski definition) is 1. The van der Waals surface area contributed by atoms with Crippen molar-refractivity contribution >= 4 is 0 Å². The second-order valence-electron chi connectivity index (χ2n) is 3.45. The van der Waals surface area contributed by atoms with Gasteiger partial charge in [0.25, 0.3) is 0 Å². The van der Waals surface area contributed by atoms with Crippen LogP contribution in [0.2, 0.25) is 0 Å². The summed E-state index contributed by atoms with van der Waals surface area (Å²) in [5.74, 6) is 0. The Balaban J connectivity index is 3.94. The highest BCUT2D eigenvalue weighted by molar-refractivity contribution is 5.08. The van der Waals surface area contributed by atoms with Gasteiger partial charge in [0.05, 0.1) is 6.61 Å². The molecule has 0 radical (unpaired) electrons. The molecule has 0 aromatic carbocycles. The minimum absolute atomic E-state index is 0.103. The molecule has 0 fully saturated rings. The highest BCUT2D eigenvalue weighted by Crippen LogP contribution is 2.21. The van der Waals surface area contributed by atoms with Gasteiger partial charge in [-0.05, 0) is 11.8 Å². The van der Waals surface area contributed by atoms with Crippen LogP contribution in [0.25, 0.3) is 0 Å². The molecular weight excluding hydrogens is 148 g/mol. The van der Waals surface area contributed by atoms with Gasteiger partial charge in [-0.25, -0.2) is 0 Å². The first-order valence-corrected chi connectivity index (χ1v) is 4.18. The average molecular weight is 166 g/mol. The van der Waals surface area contributed by atoms with Gasteiger partial charge < -0.3 is 5.11 Å². The van der Waals surface area contributed by atoms with Crippen molar-refractivity contribution in [1.82, 2.24) is 0 Å². The van der Waals surface area contributed by atoms with Gasteiger partial charge in [-0.2, -0.15) is 0 Å². The van der Waals surface area contributed by atoms with Crippen LogP contribution >= 0.6 is 0 Å². The van der Waals surface area contributed by atoms with Crippen LogP contribution in [-0.2, 0) is 0 Å². The Bertz CT molecular complexity index is 175. The van der Waals surface area contributed by atoms with Gasteiger partial charge in [-0.1, -0.05) is 44.2 Å². The van der Waals surface area contributed by atoms with Crippen LogP contribution in [0.3, 0.4) is 0 Å². The first kappa shape index (κ1) is 11.2. The van der Waals surface area contributed by atoms with Crippen molar-refractivity contribution in [1.29, 1.82) is 0 Å². The summed E-state index contributed by atoms with van der Waals surface area (Å²) in [6, 6.07) is 0. The Morgan fingerprint density at radius 3 is 2.50 bits per heavy atom. The molecule has 0 aliphatic rings. The van der Waals surface area contributed by atoms with Crippen molar-refractivity contribution in [3.63, 3.8) is 0 Å². The molecule has 0 aliphatic carbocycles. The van der Waals surface area contributed by atoms with E-state index in [1.54, 1.807) is 6.08 Å². The fourth-order valence-corrected chi connectivity index (χ4v) is 0.896. The zero-order valence-electron chi connectivity index (χ0n) is 7.96. The predicted molar refractivity (Wildman–Crippen MR) is 54.0 cm³/mol. The van der Waals surface area contributed by atoms with Crippen LogP contribution in [0.15, 0.2) is 37.0 Å². The first-order valence-electron chi connectivity index (χ1n) is 4.18. The molecule has 0 bridgehead atoms. The van der Waals surface area contributed by atoms with Gasteiger partial charge in [-0.15, -0.1) is 6.58 Å². The number of allylic oxidation sites excluding steroid dienone is 4. The lowest BCUT2D eigenvalue weighted by Crippen LogP contribution is -2.04. The van der Waals surface area contributed by atoms with E-state index in [2.05, 4.69) is 26.5 Å². The van der Waals surface area contributed by atoms with Crippen molar-refractivity contribution in [3.05, 3.63) is 37.0 Å². The molecule has 0 saturated carbocycles. The standard InChI is InChI=1S/C11H18O/c1-4-8-11(2,3)9-6-5-7-10-12/h4-7,9,12H,1,8,10H2,2-3H3/b7-5+,9-6+. The summed E-state index contributed by atoms with van der Waals surface area (Å²) in [4.78, 5) is 0. The molecule has 0 heterocycles. The molecule has 68 valence electrons. The Hall–Kier alpha value is -0.820. The lowest BCUT2D eigenvalue weighted by atomic mass is 9.89. The fraction of sp³-hybridized carbons (Fsp3) is 0.455. The molecule has 0 saturated heterocycles. The second kappa shape index (κ2) is 5.78. The Labute approximate surface area is 75.1 Å². The Morgan fingerprint density at radius 1 is 1.33 bits per heavy atom. The molecule has 0 spiro atoms. The summed E-state index contributed by atoms with van der Waals surface area (Å²) in [6.45, 7) is 8.10. The second-order valence-corrected chi connectivity index (χ2v) is 3.45. The lowest BCUT2D eigenvalue weighted by Gasteiger charge is -2.16. The van der Waals surface area contributed by atoms with Crippen LogP contribution in [0.5, 0.6) is 0 Å². The maximum atomic E-state index is 8.46. The molecule has 0 amide bonds. The van der Waals surface area contributed by atoms with Crippen molar-refractivity contribution in [3.8, 4) is 0 Å². The van der Waals surface area contributed by atoms with Gasteiger partial charge in [-0.3, -0.25) is 0 Å². The third-order valence-corrected chi connectivity index (χ3v) is 1.57. The molecule has 0 aliphatic heterocycles. The Kier molecular flexibility index (Phi) is 5.39. The van der Waals surface area contributed by atoms with Gasteiger partial charge in [0.15, 0.2) is 0 Å².